The molecule has 1 aliphatic rings. The summed E-state index contributed by atoms with van der Waals surface area (Å²) in [6, 6.07) is 5.49. The number of hydrogen-bond acceptors (Lipinski definition) is 2. The van der Waals surface area contributed by atoms with Crippen molar-refractivity contribution in [2.75, 3.05) is 5.75 Å². The Morgan fingerprint density at radius 1 is 1.47 bits per heavy atom. The highest BCUT2D eigenvalue weighted by molar-refractivity contribution is 9.10. The minimum absolute atomic E-state index is 0.118. The van der Waals surface area contributed by atoms with Crippen molar-refractivity contribution in [1.29, 1.82) is 0 Å². The lowest BCUT2D eigenvalue weighted by molar-refractivity contribution is -0.138. The van der Waals surface area contributed by atoms with E-state index >= 15 is 0 Å². The van der Waals surface area contributed by atoms with E-state index in [4.69, 9.17) is 16.7 Å². The van der Waals surface area contributed by atoms with Gasteiger partial charge in [0, 0.05) is 26.0 Å². The summed E-state index contributed by atoms with van der Waals surface area (Å²) in [6.45, 7) is 0. The van der Waals surface area contributed by atoms with Gasteiger partial charge in [-0.25, -0.2) is 0 Å². The molecular weight excluding hydrogens is 352 g/mol. The topological polar surface area (TPSA) is 54.4 Å². The van der Waals surface area contributed by atoms with Crippen LogP contribution in [0.15, 0.2) is 22.7 Å². The number of aliphatic carboxylic acids is 1. The van der Waals surface area contributed by atoms with E-state index in [1.165, 1.54) is 0 Å². The van der Waals surface area contributed by atoms with Gasteiger partial charge in [-0.1, -0.05) is 33.6 Å². The maximum atomic E-state index is 12.1. The first kappa shape index (κ1) is 15.0. The van der Waals surface area contributed by atoms with Crippen molar-refractivity contribution in [2.45, 2.75) is 25.0 Å². The number of hydrogen-bond donors (Lipinski definition) is 1. The third-order valence-electron chi connectivity index (χ3n) is 3.28. The van der Waals surface area contributed by atoms with Gasteiger partial charge in [-0.15, -0.1) is 0 Å². The second-order valence-corrected chi connectivity index (χ2v) is 7.81. The predicted octanol–water partition coefficient (Wildman–Crippen LogP) is 3.61. The fourth-order valence-electron chi connectivity index (χ4n) is 2.07. The van der Waals surface area contributed by atoms with Gasteiger partial charge in [0.15, 0.2) is 0 Å². The van der Waals surface area contributed by atoms with Crippen LogP contribution in [0.1, 0.15) is 24.8 Å². The summed E-state index contributed by atoms with van der Waals surface area (Å²) in [4.78, 5) is 10.8. The molecular formula is C13H14BrClO3S. The lowest BCUT2D eigenvalue weighted by atomic mass is 10.1. The fourth-order valence-corrected chi connectivity index (χ4v) is 4.67. The van der Waals surface area contributed by atoms with Crippen LogP contribution < -0.4 is 0 Å². The molecule has 0 bridgehead atoms. The molecule has 1 unspecified atom stereocenters. The zero-order valence-electron chi connectivity index (χ0n) is 10.2. The monoisotopic (exact) mass is 364 g/mol. The average Bonchev–Trinajstić information content (AvgIpc) is 3.00. The Morgan fingerprint density at radius 2 is 2.16 bits per heavy atom. The van der Waals surface area contributed by atoms with Crippen LogP contribution in [0, 0.1) is 5.41 Å². The first-order valence-electron chi connectivity index (χ1n) is 5.91. The highest BCUT2D eigenvalue weighted by atomic mass is 79.9. The summed E-state index contributed by atoms with van der Waals surface area (Å²) in [5.74, 6) is 0.0234. The summed E-state index contributed by atoms with van der Waals surface area (Å²) in [6.07, 6.45) is 1.84. The van der Waals surface area contributed by atoms with Crippen molar-refractivity contribution in [2.24, 2.45) is 5.41 Å². The largest absolute Gasteiger partial charge is 0.481 e. The molecule has 1 saturated carbocycles. The van der Waals surface area contributed by atoms with Gasteiger partial charge in [-0.3, -0.25) is 9.00 Å². The van der Waals surface area contributed by atoms with Crippen LogP contribution in [-0.4, -0.2) is 21.0 Å². The molecule has 0 amide bonds. The van der Waals surface area contributed by atoms with Gasteiger partial charge in [0.1, 0.15) is 0 Å². The van der Waals surface area contributed by atoms with Gasteiger partial charge in [0.2, 0.25) is 0 Å². The highest BCUT2D eigenvalue weighted by Crippen LogP contribution is 2.49. The highest BCUT2D eigenvalue weighted by Gasteiger charge is 2.45. The van der Waals surface area contributed by atoms with Gasteiger partial charge >= 0.3 is 5.97 Å². The third kappa shape index (κ3) is 4.29. The maximum absolute atomic E-state index is 12.1. The Morgan fingerprint density at radius 3 is 2.68 bits per heavy atom. The van der Waals surface area contributed by atoms with Crippen LogP contribution in [0.2, 0.25) is 5.02 Å². The van der Waals surface area contributed by atoms with E-state index in [0.717, 1.165) is 22.9 Å². The van der Waals surface area contributed by atoms with Gasteiger partial charge < -0.3 is 5.11 Å². The van der Waals surface area contributed by atoms with Crippen molar-refractivity contribution in [3.05, 3.63) is 33.3 Å². The summed E-state index contributed by atoms with van der Waals surface area (Å²) in [7, 11) is -1.07. The van der Waals surface area contributed by atoms with Crippen LogP contribution in [0.4, 0.5) is 0 Å². The van der Waals surface area contributed by atoms with E-state index in [-0.39, 0.29) is 11.8 Å². The number of benzene rings is 1. The minimum atomic E-state index is -1.07. The van der Waals surface area contributed by atoms with E-state index < -0.39 is 16.8 Å². The molecule has 0 aromatic heterocycles. The van der Waals surface area contributed by atoms with Crippen LogP contribution in [-0.2, 0) is 21.3 Å². The smallest absolute Gasteiger partial charge is 0.303 e. The molecule has 3 nitrogen and oxygen atoms in total. The van der Waals surface area contributed by atoms with Crippen LogP contribution in [0.3, 0.4) is 0 Å². The number of carbonyl (C=O) groups is 1. The lowest BCUT2D eigenvalue weighted by Crippen LogP contribution is -2.17. The summed E-state index contributed by atoms with van der Waals surface area (Å²) >= 11 is 9.41. The SMILES string of the molecule is O=C(O)CC1(CS(=O)Cc2ccc(Br)cc2Cl)CC1. The second kappa shape index (κ2) is 5.94. The molecule has 104 valence electrons. The quantitative estimate of drug-likeness (QED) is 0.838. The molecule has 6 heteroatoms. The zero-order chi connectivity index (χ0) is 14.0. The summed E-state index contributed by atoms with van der Waals surface area (Å²) in [5.41, 5.74) is 0.604. The van der Waals surface area contributed by atoms with Crippen molar-refractivity contribution in [1.82, 2.24) is 0 Å². The predicted molar refractivity (Wildman–Crippen MR) is 79.8 cm³/mol. The molecule has 0 heterocycles. The average molecular weight is 366 g/mol. The number of carboxylic acid groups (broad SMARTS) is 1. The molecule has 1 aliphatic carbocycles. The van der Waals surface area contributed by atoms with Crippen molar-refractivity contribution in [3.63, 3.8) is 0 Å². The molecule has 0 spiro atoms. The molecule has 1 fully saturated rings. The number of carboxylic acids is 1. The Balaban J connectivity index is 1.96. The van der Waals surface area contributed by atoms with E-state index in [2.05, 4.69) is 15.9 Å². The number of rotatable bonds is 6. The minimum Gasteiger partial charge on any atom is -0.481 e. The van der Waals surface area contributed by atoms with E-state index in [9.17, 15) is 9.00 Å². The Hall–Kier alpha value is -0.390. The zero-order valence-corrected chi connectivity index (χ0v) is 13.4. The number of halogens is 2. The van der Waals surface area contributed by atoms with Crippen molar-refractivity contribution in [3.8, 4) is 0 Å². The molecule has 19 heavy (non-hydrogen) atoms. The molecule has 1 aromatic carbocycles. The van der Waals surface area contributed by atoms with Crippen LogP contribution in [0.5, 0.6) is 0 Å². The molecule has 0 radical (unpaired) electrons. The second-order valence-electron chi connectivity index (χ2n) is 5.03. The summed E-state index contributed by atoms with van der Waals surface area (Å²) in [5, 5.41) is 9.43. The summed E-state index contributed by atoms with van der Waals surface area (Å²) < 4.78 is 13.0. The molecule has 0 aliphatic heterocycles. The van der Waals surface area contributed by atoms with E-state index in [0.29, 0.717) is 16.5 Å². The Kier molecular flexibility index (Phi) is 4.69. The first-order valence-corrected chi connectivity index (χ1v) is 8.57. The van der Waals surface area contributed by atoms with Crippen LogP contribution >= 0.6 is 27.5 Å². The molecule has 1 aromatic rings. The standard InChI is InChI=1S/C13H14BrClO3S/c14-10-2-1-9(11(15)5-10)7-19(18)8-13(3-4-13)6-12(16)17/h1-2,5H,3-4,6-8H2,(H,16,17). The maximum Gasteiger partial charge on any atom is 0.303 e. The van der Waals surface area contributed by atoms with Gasteiger partial charge in [-0.2, -0.15) is 0 Å². The van der Waals surface area contributed by atoms with Gasteiger partial charge in [0.25, 0.3) is 0 Å². The Labute approximate surface area is 127 Å². The van der Waals surface area contributed by atoms with Gasteiger partial charge in [0.05, 0.1) is 12.2 Å². The molecule has 0 saturated heterocycles. The molecule has 1 N–H and O–H groups in total. The fraction of sp³-hybridized carbons (Fsp3) is 0.462. The van der Waals surface area contributed by atoms with E-state index in [1.54, 1.807) is 6.07 Å². The Bertz CT molecular complexity index is 529. The van der Waals surface area contributed by atoms with Crippen LogP contribution in [0.25, 0.3) is 0 Å². The van der Waals surface area contributed by atoms with Gasteiger partial charge in [-0.05, 0) is 36.0 Å². The third-order valence-corrected chi connectivity index (χ3v) is 5.69. The van der Waals surface area contributed by atoms with Crippen molar-refractivity contribution < 1.29 is 14.1 Å². The molecule has 1 atom stereocenters. The molecule has 2 rings (SSSR count). The normalized spacial score (nSPS) is 18.0. The van der Waals surface area contributed by atoms with E-state index in [1.807, 2.05) is 12.1 Å². The lowest BCUT2D eigenvalue weighted by Gasteiger charge is -2.12. The first-order chi connectivity index (χ1) is 8.90. The van der Waals surface area contributed by atoms with Crippen molar-refractivity contribution >= 4 is 44.3 Å².